The lowest BCUT2D eigenvalue weighted by molar-refractivity contribution is 0.0985. The molecule has 0 fully saturated rings. The van der Waals surface area contributed by atoms with Crippen LogP contribution in [0.25, 0.3) is 11.0 Å². The Kier molecular flexibility index (Phi) is 4.62. The average molecular weight is 443 g/mol. The van der Waals surface area contributed by atoms with E-state index in [-0.39, 0.29) is 23.0 Å². The molecule has 2 aromatic heterocycles. The number of rotatable bonds is 4. The van der Waals surface area contributed by atoms with Crippen LogP contribution >= 0.6 is 15.9 Å². The van der Waals surface area contributed by atoms with Gasteiger partial charge in [-0.05, 0) is 30.3 Å². The van der Waals surface area contributed by atoms with E-state index in [9.17, 15) is 14.0 Å². The monoisotopic (exact) mass is 442 g/mol. The number of carbonyl (C=O) groups is 2. The first-order chi connectivity index (χ1) is 13.5. The molecule has 0 aliphatic carbocycles. The van der Waals surface area contributed by atoms with Gasteiger partial charge in [0.2, 0.25) is 5.95 Å². The topological polar surface area (TPSA) is 116 Å². The molecule has 0 saturated heterocycles. The van der Waals surface area contributed by atoms with Gasteiger partial charge in [-0.25, -0.2) is 14.4 Å². The van der Waals surface area contributed by atoms with Gasteiger partial charge in [0.05, 0.1) is 23.0 Å². The lowest BCUT2D eigenvalue weighted by Gasteiger charge is -2.06. The van der Waals surface area contributed by atoms with Crippen LogP contribution in [0.4, 0.5) is 16.0 Å². The number of imidazole rings is 2. The number of halogens is 2. The summed E-state index contributed by atoms with van der Waals surface area (Å²) in [7, 11) is 0. The first-order valence-corrected chi connectivity index (χ1v) is 8.86. The minimum atomic E-state index is -0.725. The summed E-state index contributed by atoms with van der Waals surface area (Å²) in [6, 6.07) is 11.5. The number of aromatic amines is 2. The van der Waals surface area contributed by atoms with E-state index in [0.717, 1.165) is 5.52 Å². The molecule has 2 amide bonds. The highest BCUT2D eigenvalue weighted by atomic mass is 79.9. The third-order valence-electron chi connectivity index (χ3n) is 3.88. The second kappa shape index (κ2) is 7.24. The summed E-state index contributed by atoms with van der Waals surface area (Å²) >= 11 is 3.14. The van der Waals surface area contributed by atoms with Crippen molar-refractivity contribution in [3.8, 4) is 0 Å². The van der Waals surface area contributed by atoms with Crippen molar-refractivity contribution in [1.29, 1.82) is 0 Å². The highest BCUT2D eigenvalue weighted by molar-refractivity contribution is 9.10. The van der Waals surface area contributed by atoms with Gasteiger partial charge in [-0.2, -0.15) is 0 Å². The van der Waals surface area contributed by atoms with Crippen LogP contribution in [0, 0.1) is 5.82 Å². The van der Waals surface area contributed by atoms with E-state index < -0.39 is 17.6 Å². The van der Waals surface area contributed by atoms with Crippen LogP contribution in [-0.4, -0.2) is 31.8 Å². The fourth-order valence-electron chi connectivity index (χ4n) is 2.59. The Balaban J connectivity index is 1.54. The zero-order valence-corrected chi connectivity index (χ0v) is 15.7. The van der Waals surface area contributed by atoms with E-state index in [2.05, 4.69) is 46.5 Å². The first-order valence-electron chi connectivity index (χ1n) is 8.07. The summed E-state index contributed by atoms with van der Waals surface area (Å²) < 4.78 is 14.5. The molecule has 4 N–H and O–H groups in total. The van der Waals surface area contributed by atoms with Gasteiger partial charge in [0.15, 0.2) is 5.69 Å². The lowest BCUT2D eigenvalue weighted by atomic mass is 10.2. The second-order valence-electron chi connectivity index (χ2n) is 5.76. The van der Waals surface area contributed by atoms with Crippen molar-refractivity contribution in [1.82, 2.24) is 19.9 Å². The maximum absolute atomic E-state index is 13.9. The molecule has 0 aliphatic rings. The smallest absolute Gasteiger partial charge is 0.276 e. The number of hydrogen-bond donors (Lipinski definition) is 4. The third kappa shape index (κ3) is 3.49. The molecule has 8 nitrogen and oxygen atoms in total. The SMILES string of the molecule is O=C(Nc1ccc(Br)cc1F)c1nc[nH]c1C(=O)Nc1nc2ccccc2[nH]1. The fraction of sp³-hybridized carbons (Fsp3) is 0. The first kappa shape index (κ1) is 17.9. The molecule has 0 atom stereocenters. The van der Waals surface area contributed by atoms with Gasteiger partial charge in [0.25, 0.3) is 11.8 Å². The van der Waals surface area contributed by atoms with E-state index in [1.807, 2.05) is 18.2 Å². The maximum Gasteiger partial charge on any atom is 0.276 e. The summed E-state index contributed by atoms with van der Waals surface area (Å²) in [6.45, 7) is 0. The molecule has 2 heterocycles. The van der Waals surface area contributed by atoms with E-state index in [4.69, 9.17) is 0 Å². The molecule has 140 valence electrons. The van der Waals surface area contributed by atoms with Crippen LogP contribution in [0.15, 0.2) is 53.3 Å². The summed E-state index contributed by atoms with van der Waals surface area (Å²) in [5.74, 6) is -1.73. The van der Waals surface area contributed by atoms with E-state index in [1.54, 1.807) is 12.1 Å². The molecule has 0 aliphatic heterocycles. The number of H-pyrrole nitrogens is 2. The van der Waals surface area contributed by atoms with Crippen LogP contribution < -0.4 is 10.6 Å². The van der Waals surface area contributed by atoms with Crippen LogP contribution in [0.3, 0.4) is 0 Å². The number of amides is 2. The van der Waals surface area contributed by atoms with Gasteiger partial charge in [0.1, 0.15) is 11.5 Å². The minimum absolute atomic E-state index is 0.0279. The summed E-state index contributed by atoms with van der Waals surface area (Å²) in [6.07, 6.45) is 1.21. The van der Waals surface area contributed by atoms with Crippen molar-refractivity contribution >= 4 is 50.4 Å². The minimum Gasteiger partial charge on any atom is -0.340 e. The van der Waals surface area contributed by atoms with Crippen molar-refractivity contribution in [2.45, 2.75) is 0 Å². The van der Waals surface area contributed by atoms with Crippen LogP contribution in [0.1, 0.15) is 21.0 Å². The quantitative estimate of drug-likeness (QED) is 0.385. The number of fused-ring (bicyclic) bond motifs is 1. The highest BCUT2D eigenvalue weighted by Gasteiger charge is 2.22. The highest BCUT2D eigenvalue weighted by Crippen LogP contribution is 2.20. The van der Waals surface area contributed by atoms with Crippen LogP contribution in [-0.2, 0) is 0 Å². The number of aromatic nitrogens is 4. The third-order valence-corrected chi connectivity index (χ3v) is 4.38. The average Bonchev–Trinajstić information content (AvgIpc) is 3.30. The number of nitrogens with one attached hydrogen (secondary N) is 4. The fourth-order valence-corrected chi connectivity index (χ4v) is 2.93. The molecule has 0 bridgehead atoms. The van der Waals surface area contributed by atoms with Crippen molar-refractivity contribution in [3.05, 3.63) is 70.5 Å². The number of benzene rings is 2. The molecular weight excluding hydrogens is 431 g/mol. The largest absolute Gasteiger partial charge is 0.340 e. The Morgan fingerprint density at radius 1 is 1.07 bits per heavy atom. The van der Waals surface area contributed by atoms with Crippen molar-refractivity contribution in [2.75, 3.05) is 10.6 Å². The predicted molar refractivity (Wildman–Crippen MR) is 105 cm³/mol. The molecule has 2 aromatic carbocycles. The summed E-state index contributed by atoms with van der Waals surface area (Å²) in [5, 5.41) is 4.97. The molecule has 0 radical (unpaired) electrons. The van der Waals surface area contributed by atoms with Gasteiger partial charge < -0.3 is 15.3 Å². The Labute approximate surface area is 165 Å². The summed E-state index contributed by atoms with van der Waals surface area (Å²) in [4.78, 5) is 38.7. The zero-order valence-electron chi connectivity index (χ0n) is 14.1. The molecule has 0 saturated carbocycles. The molecule has 28 heavy (non-hydrogen) atoms. The number of hydrogen-bond acceptors (Lipinski definition) is 4. The zero-order chi connectivity index (χ0) is 19.7. The molecule has 10 heteroatoms. The normalized spacial score (nSPS) is 10.8. The second-order valence-corrected chi connectivity index (χ2v) is 6.68. The van der Waals surface area contributed by atoms with Crippen molar-refractivity contribution < 1.29 is 14.0 Å². The van der Waals surface area contributed by atoms with E-state index in [0.29, 0.717) is 9.99 Å². The van der Waals surface area contributed by atoms with Gasteiger partial charge >= 0.3 is 0 Å². The summed E-state index contributed by atoms with van der Waals surface area (Å²) in [5.41, 5.74) is 1.17. The Morgan fingerprint density at radius 3 is 2.68 bits per heavy atom. The molecule has 4 rings (SSSR count). The van der Waals surface area contributed by atoms with Crippen molar-refractivity contribution in [2.24, 2.45) is 0 Å². The van der Waals surface area contributed by atoms with Gasteiger partial charge in [-0.3, -0.25) is 14.9 Å². The van der Waals surface area contributed by atoms with E-state index >= 15 is 0 Å². The number of carbonyl (C=O) groups excluding carboxylic acids is 2. The van der Waals surface area contributed by atoms with Crippen molar-refractivity contribution in [3.63, 3.8) is 0 Å². The molecular formula is C18H12BrFN6O2. The molecule has 0 unspecified atom stereocenters. The molecule has 4 aromatic rings. The standard InChI is InChI=1S/C18H12BrFN6O2/c19-9-5-6-11(10(20)7-9)23-16(27)14-15(22-8-21-14)17(28)26-18-24-12-3-1-2-4-13(12)25-18/h1-8H,(H,21,22)(H,23,27)(H2,24,25,26,28). The maximum atomic E-state index is 13.9. The van der Waals surface area contributed by atoms with Crippen LogP contribution in [0.5, 0.6) is 0 Å². The van der Waals surface area contributed by atoms with Crippen LogP contribution in [0.2, 0.25) is 0 Å². The molecule has 0 spiro atoms. The van der Waals surface area contributed by atoms with Gasteiger partial charge in [-0.1, -0.05) is 28.1 Å². The number of nitrogens with zero attached hydrogens (tertiary/aromatic N) is 2. The number of anilines is 2. The predicted octanol–water partition coefficient (Wildman–Crippen LogP) is 3.69. The van der Waals surface area contributed by atoms with Gasteiger partial charge in [0, 0.05) is 4.47 Å². The Morgan fingerprint density at radius 2 is 1.89 bits per heavy atom. The number of para-hydroxylation sites is 2. The van der Waals surface area contributed by atoms with Gasteiger partial charge in [-0.15, -0.1) is 0 Å². The van der Waals surface area contributed by atoms with E-state index in [1.165, 1.54) is 18.5 Å². The lowest BCUT2D eigenvalue weighted by Crippen LogP contribution is -2.21. The Bertz CT molecular complexity index is 1170. The Hall–Kier alpha value is -3.53.